The minimum atomic E-state index is 0.452. The molecule has 4 N–H and O–H groups in total. The number of halogens is 1. The maximum Gasteiger partial charge on any atom is 0.223 e. The summed E-state index contributed by atoms with van der Waals surface area (Å²) in [6.07, 6.45) is 2.58. The van der Waals surface area contributed by atoms with E-state index < -0.39 is 0 Å². The molecule has 0 aliphatic heterocycles. The third kappa shape index (κ3) is 6.95. The second-order valence-electron chi connectivity index (χ2n) is 6.00. The summed E-state index contributed by atoms with van der Waals surface area (Å²) in [5.41, 5.74) is 4.17. The lowest BCUT2D eigenvalue weighted by Gasteiger charge is -2.20. The van der Waals surface area contributed by atoms with Crippen LogP contribution in [0.3, 0.4) is 0 Å². The second kappa shape index (κ2) is 11.0. The molecule has 2 aromatic carbocycles. The number of amides is 1. The topological polar surface area (TPSA) is 84.8 Å². The molecule has 6 nitrogen and oxygen atoms in total. The van der Waals surface area contributed by atoms with Gasteiger partial charge in [-0.2, -0.15) is 0 Å². The smallest absolute Gasteiger partial charge is 0.223 e. The molecule has 0 saturated heterocycles. The first-order valence-corrected chi connectivity index (χ1v) is 9.78. The van der Waals surface area contributed by atoms with Crippen molar-refractivity contribution < 1.29 is 9.53 Å². The van der Waals surface area contributed by atoms with E-state index in [1.807, 2.05) is 51.4 Å². The van der Waals surface area contributed by atoms with Crippen molar-refractivity contribution in [2.75, 3.05) is 25.4 Å². The molecule has 2 aromatic rings. The molecule has 8 heteroatoms. The zero-order valence-electron chi connectivity index (χ0n) is 16.3. The van der Waals surface area contributed by atoms with Gasteiger partial charge >= 0.3 is 0 Å². The van der Waals surface area contributed by atoms with Crippen LogP contribution in [0.15, 0.2) is 35.2 Å². The minimum Gasteiger partial charge on any atom is -0.488 e. The average Bonchev–Trinajstić information content (AvgIpc) is 2.63. The molecule has 0 aromatic heterocycles. The van der Waals surface area contributed by atoms with Gasteiger partial charge in [0.25, 0.3) is 0 Å². The molecule has 0 aliphatic carbocycles. The van der Waals surface area contributed by atoms with Crippen LogP contribution in [0, 0.1) is 13.8 Å². The average molecular weight is 411 g/mol. The number of anilines is 1. The Morgan fingerprint density at radius 3 is 2.33 bits per heavy atom. The van der Waals surface area contributed by atoms with E-state index in [-0.39, 0.29) is 0 Å². The number of hydrogen-bond acceptors (Lipinski definition) is 6. The van der Waals surface area contributed by atoms with Gasteiger partial charge in [0, 0.05) is 29.6 Å². The molecule has 0 atom stereocenters. The highest BCUT2D eigenvalue weighted by atomic mass is 35.5. The van der Waals surface area contributed by atoms with Crippen molar-refractivity contribution in [3.05, 3.63) is 52.0 Å². The van der Waals surface area contributed by atoms with Crippen LogP contribution in [0.25, 0.3) is 0 Å². The van der Waals surface area contributed by atoms with Gasteiger partial charge < -0.3 is 9.75 Å². The third-order valence-electron chi connectivity index (χ3n) is 3.70. The molecule has 1 amide bonds. The van der Waals surface area contributed by atoms with Crippen molar-refractivity contribution in [1.82, 2.24) is 5.01 Å². The molecule has 27 heavy (non-hydrogen) atoms. The van der Waals surface area contributed by atoms with Gasteiger partial charge in [-0.15, -0.1) is 11.8 Å². The van der Waals surface area contributed by atoms with Gasteiger partial charge in [0.2, 0.25) is 6.41 Å². The number of hydrazine groups is 2. The number of rotatable bonds is 6. The monoisotopic (exact) mass is 410 g/mol. The van der Waals surface area contributed by atoms with Crippen molar-refractivity contribution >= 4 is 35.5 Å². The highest BCUT2D eigenvalue weighted by Crippen LogP contribution is 2.31. The molecule has 148 valence electrons. The Labute approximate surface area is 170 Å². The lowest BCUT2D eigenvalue weighted by molar-refractivity contribution is -0.117. The van der Waals surface area contributed by atoms with Crippen LogP contribution >= 0.6 is 23.4 Å². The van der Waals surface area contributed by atoms with Crippen LogP contribution in [-0.4, -0.2) is 31.8 Å². The van der Waals surface area contributed by atoms with E-state index in [4.69, 9.17) is 28.0 Å². The molecule has 0 saturated carbocycles. The van der Waals surface area contributed by atoms with Crippen LogP contribution in [0.1, 0.15) is 16.7 Å². The third-order valence-corrected chi connectivity index (χ3v) is 4.93. The van der Waals surface area contributed by atoms with E-state index in [9.17, 15) is 4.79 Å². The molecule has 0 unspecified atom stereocenters. The summed E-state index contributed by atoms with van der Waals surface area (Å²) in [6, 6.07) is 9.98. The Bertz CT molecular complexity index is 770. The van der Waals surface area contributed by atoms with Gasteiger partial charge in [0.15, 0.2) is 0 Å². The number of hydrogen-bond donors (Lipinski definition) is 2. The van der Waals surface area contributed by atoms with Crippen LogP contribution < -0.4 is 21.4 Å². The van der Waals surface area contributed by atoms with Crippen molar-refractivity contribution in [2.45, 2.75) is 25.3 Å². The number of carbonyl (C=O) groups is 1. The first kappa shape index (κ1) is 23.1. The number of thioether (sulfide) groups is 1. The largest absolute Gasteiger partial charge is 0.488 e. The highest BCUT2D eigenvalue weighted by molar-refractivity contribution is 7.98. The van der Waals surface area contributed by atoms with E-state index in [0.717, 1.165) is 43.1 Å². The predicted molar refractivity (Wildman–Crippen MR) is 114 cm³/mol. The number of ether oxygens (including phenoxy) is 1. The van der Waals surface area contributed by atoms with Crippen molar-refractivity contribution in [3.63, 3.8) is 0 Å². The fourth-order valence-corrected chi connectivity index (χ4v) is 3.11. The highest BCUT2D eigenvalue weighted by Gasteiger charge is 2.12. The number of nitrogens with zero attached hydrogens (tertiary/aromatic N) is 2. The maximum absolute atomic E-state index is 9.31. The van der Waals surface area contributed by atoms with Crippen LogP contribution in [0.5, 0.6) is 5.75 Å². The normalized spacial score (nSPS) is 9.93. The molecule has 0 spiro atoms. The number of carbonyl (C=O) groups excluding carboxylic acids is 1. The summed E-state index contributed by atoms with van der Waals surface area (Å²) in [4.78, 5) is 10.5. The molecular formula is C19H27ClN4O2S. The SMILES string of the molecule is CN(N)C=O.CSc1cccc(N(C)N)c1COc1cc(Cl)c(C)cc1C. The zero-order valence-corrected chi connectivity index (χ0v) is 17.9. The van der Waals surface area contributed by atoms with Crippen LogP contribution in [0.2, 0.25) is 5.02 Å². The van der Waals surface area contributed by atoms with Crippen molar-refractivity contribution in [3.8, 4) is 5.75 Å². The van der Waals surface area contributed by atoms with Gasteiger partial charge in [0.1, 0.15) is 12.4 Å². The van der Waals surface area contributed by atoms with E-state index in [1.165, 1.54) is 7.05 Å². The molecule has 2 rings (SSSR count). The summed E-state index contributed by atoms with van der Waals surface area (Å²) in [6.45, 7) is 4.47. The molecular weight excluding hydrogens is 384 g/mol. The Hall–Kier alpha value is -1.93. The Balaban J connectivity index is 0.000000646. The van der Waals surface area contributed by atoms with Crippen LogP contribution in [0.4, 0.5) is 5.69 Å². The molecule has 0 radical (unpaired) electrons. The van der Waals surface area contributed by atoms with Crippen molar-refractivity contribution in [1.29, 1.82) is 0 Å². The van der Waals surface area contributed by atoms with Gasteiger partial charge in [-0.05, 0) is 49.4 Å². The molecule has 0 fully saturated rings. The van der Waals surface area contributed by atoms with Gasteiger partial charge in [-0.1, -0.05) is 23.7 Å². The van der Waals surface area contributed by atoms with E-state index in [2.05, 4.69) is 6.07 Å². The Morgan fingerprint density at radius 2 is 1.81 bits per heavy atom. The molecule has 0 bridgehead atoms. The Morgan fingerprint density at radius 1 is 1.19 bits per heavy atom. The lowest BCUT2D eigenvalue weighted by Crippen LogP contribution is -2.26. The Kier molecular flexibility index (Phi) is 9.45. The summed E-state index contributed by atoms with van der Waals surface area (Å²) >= 11 is 7.88. The fourth-order valence-electron chi connectivity index (χ4n) is 2.33. The molecule has 0 aliphatic rings. The van der Waals surface area contributed by atoms with Gasteiger partial charge in [-0.3, -0.25) is 9.80 Å². The van der Waals surface area contributed by atoms with Gasteiger partial charge in [-0.25, -0.2) is 11.7 Å². The summed E-state index contributed by atoms with van der Waals surface area (Å²) < 4.78 is 6.01. The van der Waals surface area contributed by atoms with E-state index in [1.54, 1.807) is 16.8 Å². The summed E-state index contributed by atoms with van der Waals surface area (Å²) in [5, 5.41) is 3.28. The predicted octanol–water partition coefficient (Wildman–Crippen LogP) is 3.52. The first-order chi connectivity index (χ1) is 12.7. The first-order valence-electron chi connectivity index (χ1n) is 8.17. The molecule has 0 heterocycles. The van der Waals surface area contributed by atoms with Crippen molar-refractivity contribution in [2.24, 2.45) is 11.7 Å². The number of benzene rings is 2. The number of aryl methyl sites for hydroxylation is 2. The zero-order chi connectivity index (χ0) is 20.6. The quantitative estimate of drug-likeness (QED) is 0.249. The number of nitrogens with two attached hydrogens (primary N) is 2. The minimum absolute atomic E-state index is 0.452. The second-order valence-corrected chi connectivity index (χ2v) is 7.25. The van der Waals surface area contributed by atoms with Gasteiger partial charge in [0.05, 0.1) is 5.69 Å². The van der Waals surface area contributed by atoms with Crippen LogP contribution in [-0.2, 0) is 11.4 Å². The maximum atomic E-state index is 9.31. The lowest BCUT2D eigenvalue weighted by atomic mass is 10.1. The standard InChI is InChI=1S/C17H21ClN2OS.C2H6N2O/c1-11-8-12(2)16(9-14(11)18)21-10-13-15(20(3)19)6-5-7-17(13)22-4;1-4(3)2-5/h5-9H,10,19H2,1-4H3;2H,3H2,1H3. The summed E-state index contributed by atoms with van der Waals surface area (Å²) in [7, 11) is 3.30. The summed E-state index contributed by atoms with van der Waals surface area (Å²) in [5.74, 6) is 11.5. The van der Waals surface area contributed by atoms with E-state index in [0.29, 0.717) is 13.0 Å². The fraction of sp³-hybridized carbons (Fsp3) is 0.316. The van der Waals surface area contributed by atoms with E-state index >= 15 is 0 Å².